The Kier molecular flexibility index (Phi) is 1.99. The first-order chi connectivity index (χ1) is 4.66. The maximum absolute atomic E-state index is 11.0. The molecule has 1 amide bonds. The first-order valence-electron chi connectivity index (χ1n) is 3.19. The molecule has 1 aliphatic rings. The smallest absolute Gasteiger partial charge is 0.231 e. The van der Waals surface area contributed by atoms with Crippen molar-refractivity contribution in [3.63, 3.8) is 0 Å². The highest BCUT2D eigenvalue weighted by Crippen LogP contribution is 2.16. The lowest BCUT2D eigenvalue weighted by molar-refractivity contribution is -0.127. The summed E-state index contributed by atoms with van der Waals surface area (Å²) in [6.45, 7) is 1.81. The van der Waals surface area contributed by atoms with Gasteiger partial charge in [0.15, 0.2) is 5.78 Å². The van der Waals surface area contributed by atoms with E-state index in [1.807, 2.05) is 6.92 Å². The van der Waals surface area contributed by atoms with E-state index >= 15 is 0 Å². The van der Waals surface area contributed by atoms with Gasteiger partial charge >= 0.3 is 0 Å². The van der Waals surface area contributed by atoms with E-state index in [9.17, 15) is 9.59 Å². The predicted molar refractivity (Wildman–Crippen MR) is 39.7 cm³/mol. The number of nitrogens with one attached hydrogen (secondary N) is 1. The molecule has 3 nitrogen and oxygen atoms in total. The van der Waals surface area contributed by atoms with Crippen LogP contribution in [0.25, 0.3) is 0 Å². The molecule has 0 bridgehead atoms. The van der Waals surface area contributed by atoms with Gasteiger partial charge in [0, 0.05) is 0 Å². The minimum atomic E-state index is -0.572. The molecule has 0 aromatic carbocycles. The topological polar surface area (TPSA) is 46.2 Å². The van der Waals surface area contributed by atoms with E-state index in [1.54, 1.807) is 0 Å². The number of carbonyl (C=O) groups is 2. The summed E-state index contributed by atoms with van der Waals surface area (Å²) >= 11 is 3.88. The second-order valence-corrected chi connectivity index (χ2v) is 2.79. The van der Waals surface area contributed by atoms with Crippen LogP contribution < -0.4 is 5.32 Å². The van der Waals surface area contributed by atoms with Gasteiger partial charge < -0.3 is 5.32 Å². The number of rotatable bonds is 1. The van der Waals surface area contributed by atoms with Crippen LogP contribution in [0.5, 0.6) is 0 Å². The number of amides is 1. The molecule has 0 aliphatic carbocycles. The van der Waals surface area contributed by atoms with Crippen molar-refractivity contribution in [2.45, 2.75) is 18.7 Å². The highest BCUT2D eigenvalue weighted by atomic mass is 32.1. The van der Waals surface area contributed by atoms with E-state index in [1.165, 1.54) is 0 Å². The lowest BCUT2D eigenvalue weighted by atomic mass is 10.0. The summed E-state index contributed by atoms with van der Waals surface area (Å²) in [5.41, 5.74) is 0. The number of ketones is 1. The van der Waals surface area contributed by atoms with Gasteiger partial charge in [0.05, 0.1) is 5.92 Å². The second kappa shape index (κ2) is 2.62. The molecule has 4 heteroatoms. The van der Waals surface area contributed by atoms with Crippen LogP contribution in [0.1, 0.15) is 13.3 Å². The monoisotopic (exact) mass is 159 g/mol. The maximum atomic E-state index is 11.0. The van der Waals surface area contributed by atoms with E-state index in [4.69, 9.17) is 0 Å². The van der Waals surface area contributed by atoms with Gasteiger partial charge in [-0.05, 0) is 6.42 Å². The number of hydrogen-bond donors (Lipinski definition) is 2. The predicted octanol–water partition coefficient (Wildman–Crippen LogP) is -0.0326. The van der Waals surface area contributed by atoms with E-state index in [2.05, 4.69) is 17.9 Å². The molecule has 56 valence electrons. The molecule has 2 atom stereocenters. The van der Waals surface area contributed by atoms with Gasteiger partial charge in [-0.3, -0.25) is 9.59 Å². The Morgan fingerprint density at radius 3 is 2.40 bits per heavy atom. The van der Waals surface area contributed by atoms with Crippen LogP contribution in [0.2, 0.25) is 0 Å². The molecular formula is C6H9NO2S. The number of thiol groups is 1. The first-order valence-corrected chi connectivity index (χ1v) is 3.70. The molecule has 1 saturated heterocycles. The number of carbonyl (C=O) groups excluding carboxylic acids is 2. The number of hydrogen-bond acceptors (Lipinski definition) is 3. The molecular weight excluding hydrogens is 150 g/mol. The molecule has 2 unspecified atom stereocenters. The van der Waals surface area contributed by atoms with Crippen molar-refractivity contribution in [3.8, 4) is 0 Å². The van der Waals surface area contributed by atoms with E-state index in [0.717, 1.165) is 0 Å². The van der Waals surface area contributed by atoms with Crippen molar-refractivity contribution in [2.24, 2.45) is 5.92 Å². The highest BCUT2D eigenvalue weighted by Gasteiger charge is 2.37. The second-order valence-electron chi connectivity index (χ2n) is 2.27. The SMILES string of the molecule is CCC1C(=O)NC(S)C1=O. The minimum Gasteiger partial charge on any atom is -0.337 e. The minimum absolute atomic E-state index is 0.101. The molecule has 0 spiro atoms. The molecule has 0 saturated carbocycles. The summed E-state index contributed by atoms with van der Waals surface area (Å²) in [7, 11) is 0. The Morgan fingerprint density at radius 1 is 1.60 bits per heavy atom. The standard InChI is InChI=1S/C6H9NO2S/c1-2-3-4(8)6(10)7-5(3)9/h3,6,10H,2H2,1H3,(H,7,9). The number of Topliss-reactive ketones (excluding diaryl/α,β-unsaturated/α-hetero) is 1. The summed E-state index contributed by atoms with van der Waals surface area (Å²) in [4.78, 5) is 21.8. The zero-order valence-corrected chi connectivity index (χ0v) is 6.52. The van der Waals surface area contributed by atoms with Gasteiger partial charge in [-0.25, -0.2) is 0 Å². The maximum Gasteiger partial charge on any atom is 0.231 e. The van der Waals surface area contributed by atoms with Gasteiger partial charge in [-0.2, -0.15) is 0 Å². The Hall–Kier alpha value is -0.510. The molecule has 0 aromatic heterocycles. The molecule has 0 radical (unpaired) electrons. The zero-order chi connectivity index (χ0) is 7.72. The normalized spacial score (nSPS) is 32.6. The van der Waals surface area contributed by atoms with Crippen LogP contribution in [0.3, 0.4) is 0 Å². The third-order valence-electron chi connectivity index (χ3n) is 1.62. The third-order valence-corrected chi connectivity index (χ3v) is 2.00. The molecule has 1 rings (SSSR count). The highest BCUT2D eigenvalue weighted by molar-refractivity contribution is 7.81. The van der Waals surface area contributed by atoms with Gasteiger partial charge in [0.1, 0.15) is 5.37 Å². The first kappa shape index (κ1) is 7.60. The zero-order valence-electron chi connectivity index (χ0n) is 5.63. The van der Waals surface area contributed by atoms with Gasteiger partial charge in [0.25, 0.3) is 0 Å². The van der Waals surface area contributed by atoms with Crippen LogP contribution in [-0.4, -0.2) is 17.1 Å². The van der Waals surface area contributed by atoms with E-state index in [-0.39, 0.29) is 11.7 Å². The molecule has 1 heterocycles. The van der Waals surface area contributed by atoms with Crippen LogP contribution in [0, 0.1) is 5.92 Å². The molecule has 1 N–H and O–H groups in total. The summed E-state index contributed by atoms with van der Waals surface area (Å²) in [6, 6.07) is 0. The molecule has 10 heavy (non-hydrogen) atoms. The fraction of sp³-hybridized carbons (Fsp3) is 0.667. The van der Waals surface area contributed by atoms with Gasteiger partial charge in [-0.1, -0.05) is 6.92 Å². The van der Waals surface area contributed by atoms with Crippen molar-refractivity contribution in [3.05, 3.63) is 0 Å². The van der Waals surface area contributed by atoms with E-state index < -0.39 is 11.3 Å². The Labute approximate surface area is 64.6 Å². The van der Waals surface area contributed by atoms with Crippen molar-refractivity contribution in [2.75, 3.05) is 0 Å². The van der Waals surface area contributed by atoms with E-state index in [0.29, 0.717) is 6.42 Å². The van der Waals surface area contributed by atoms with Crippen LogP contribution in [0.4, 0.5) is 0 Å². The Balaban J connectivity index is 2.74. The molecule has 1 fully saturated rings. The molecule has 0 aromatic rings. The fourth-order valence-corrected chi connectivity index (χ4v) is 1.32. The largest absolute Gasteiger partial charge is 0.337 e. The molecule has 1 aliphatic heterocycles. The lowest BCUT2D eigenvalue weighted by Crippen LogP contribution is -2.22. The summed E-state index contributed by atoms with van der Waals surface area (Å²) in [6.07, 6.45) is 0.571. The Morgan fingerprint density at radius 2 is 2.20 bits per heavy atom. The summed E-state index contributed by atoms with van der Waals surface area (Å²) in [5.74, 6) is -0.745. The third kappa shape index (κ3) is 1.03. The van der Waals surface area contributed by atoms with Crippen molar-refractivity contribution in [1.29, 1.82) is 0 Å². The lowest BCUT2D eigenvalue weighted by Gasteiger charge is -1.97. The summed E-state index contributed by atoms with van der Waals surface area (Å²) < 4.78 is 0. The van der Waals surface area contributed by atoms with Crippen LogP contribution in [-0.2, 0) is 9.59 Å². The fourth-order valence-electron chi connectivity index (χ4n) is 1.01. The van der Waals surface area contributed by atoms with Crippen LogP contribution >= 0.6 is 12.6 Å². The van der Waals surface area contributed by atoms with Gasteiger partial charge in [-0.15, -0.1) is 12.6 Å². The quantitative estimate of drug-likeness (QED) is 0.417. The van der Waals surface area contributed by atoms with Crippen molar-refractivity contribution in [1.82, 2.24) is 5.32 Å². The summed E-state index contributed by atoms with van der Waals surface area (Å²) in [5, 5.41) is 1.87. The van der Waals surface area contributed by atoms with Crippen LogP contribution in [0.15, 0.2) is 0 Å². The average Bonchev–Trinajstić information content (AvgIpc) is 2.09. The van der Waals surface area contributed by atoms with Gasteiger partial charge in [0.2, 0.25) is 5.91 Å². The Bertz CT molecular complexity index is 181. The van der Waals surface area contributed by atoms with Crippen molar-refractivity contribution < 1.29 is 9.59 Å². The van der Waals surface area contributed by atoms with Crippen molar-refractivity contribution >= 4 is 24.3 Å². The average molecular weight is 159 g/mol.